The molecule has 4 fully saturated rings. The third kappa shape index (κ3) is 5.31. The summed E-state index contributed by atoms with van der Waals surface area (Å²) >= 11 is 0.363. The molecule has 210 valence electrons. The topological polar surface area (TPSA) is 49.4 Å². The van der Waals surface area contributed by atoms with E-state index in [0.717, 1.165) is 37.1 Å². The van der Waals surface area contributed by atoms with E-state index in [-0.39, 0.29) is 24.3 Å². The quantitative estimate of drug-likeness (QED) is 0.361. The van der Waals surface area contributed by atoms with E-state index in [1.165, 1.54) is 10.0 Å². The first-order valence-electron chi connectivity index (χ1n) is 14.5. The van der Waals surface area contributed by atoms with Crippen LogP contribution in [0.1, 0.15) is 49.0 Å². The molecular formula is C33H37NO5Se. The molecule has 0 N–H and O–H groups in total. The van der Waals surface area contributed by atoms with Crippen LogP contribution in [0.2, 0.25) is 4.82 Å². The Labute approximate surface area is 243 Å². The fraction of sp³-hybridized carbons (Fsp3) is 0.455. The van der Waals surface area contributed by atoms with Gasteiger partial charge in [0.2, 0.25) is 0 Å². The van der Waals surface area contributed by atoms with Crippen LogP contribution in [-0.4, -0.2) is 70.1 Å². The predicted molar refractivity (Wildman–Crippen MR) is 153 cm³/mol. The molecule has 0 radical (unpaired) electrons. The van der Waals surface area contributed by atoms with E-state index in [0.29, 0.717) is 39.1 Å². The summed E-state index contributed by atoms with van der Waals surface area (Å²) in [5.74, 6) is 0. The van der Waals surface area contributed by atoms with Crippen molar-refractivity contribution in [3.63, 3.8) is 0 Å². The van der Waals surface area contributed by atoms with Gasteiger partial charge in [0.15, 0.2) is 0 Å². The third-order valence-electron chi connectivity index (χ3n) is 8.63. The number of ether oxygens (including phenoxy) is 5. The number of hydrogen-bond donors (Lipinski definition) is 0. The molecule has 7 rings (SSSR count). The molecule has 0 amide bonds. The van der Waals surface area contributed by atoms with Gasteiger partial charge in [0.1, 0.15) is 0 Å². The van der Waals surface area contributed by atoms with Crippen LogP contribution in [0.15, 0.2) is 84.9 Å². The average Bonchev–Trinajstić information content (AvgIpc) is 3.60. The summed E-state index contributed by atoms with van der Waals surface area (Å²) in [6, 6.07) is 29.6. The number of nitrogens with zero attached hydrogens (tertiary/aromatic N) is 1. The van der Waals surface area contributed by atoms with E-state index in [9.17, 15) is 0 Å². The third-order valence-corrected chi connectivity index (χ3v) is 11.8. The second-order valence-electron chi connectivity index (χ2n) is 11.0. The van der Waals surface area contributed by atoms with E-state index < -0.39 is 12.6 Å². The Morgan fingerprint density at radius 1 is 0.725 bits per heavy atom. The Bertz CT molecular complexity index is 1200. The number of fused-ring (bicyclic) bond motifs is 3. The molecule has 0 saturated carbocycles. The van der Waals surface area contributed by atoms with E-state index in [2.05, 4.69) is 60.4 Å². The maximum absolute atomic E-state index is 6.73. The van der Waals surface area contributed by atoms with Crippen LogP contribution in [0.4, 0.5) is 0 Å². The van der Waals surface area contributed by atoms with Crippen molar-refractivity contribution in [2.45, 2.75) is 74.1 Å². The van der Waals surface area contributed by atoms with Crippen LogP contribution in [0, 0.1) is 0 Å². The van der Waals surface area contributed by atoms with Gasteiger partial charge in [-0.2, -0.15) is 0 Å². The normalized spacial score (nSPS) is 33.9. The summed E-state index contributed by atoms with van der Waals surface area (Å²) in [5, 5.41) is 0. The number of hydrogen-bond acceptors (Lipinski definition) is 6. The summed E-state index contributed by atoms with van der Waals surface area (Å²) in [6.07, 6.45) is 1.63. The molecule has 4 aliphatic heterocycles. The zero-order valence-electron chi connectivity index (χ0n) is 22.8. The molecule has 4 heterocycles. The molecule has 0 unspecified atom stereocenters. The Hall–Kier alpha value is -2.06. The van der Waals surface area contributed by atoms with E-state index >= 15 is 0 Å². The van der Waals surface area contributed by atoms with Crippen LogP contribution in [-0.2, 0) is 30.2 Å². The first-order chi connectivity index (χ1) is 19.8. The summed E-state index contributed by atoms with van der Waals surface area (Å²) in [4.78, 5) is 3.17. The molecule has 7 heteroatoms. The molecule has 3 aromatic rings. The van der Waals surface area contributed by atoms with Crippen molar-refractivity contribution in [1.82, 2.24) is 4.90 Å². The molecule has 40 heavy (non-hydrogen) atoms. The predicted octanol–water partition coefficient (Wildman–Crippen LogP) is 4.78. The summed E-state index contributed by atoms with van der Waals surface area (Å²) in [6.45, 7) is 5.15. The van der Waals surface area contributed by atoms with Crippen molar-refractivity contribution in [1.29, 1.82) is 0 Å². The second-order valence-corrected chi connectivity index (χ2v) is 13.7. The Kier molecular flexibility index (Phi) is 8.07. The zero-order valence-corrected chi connectivity index (χ0v) is 24.6. The first-order valence-corrected chi connectivity index (χ1v) is 16.4. The Morgan fingerprint density at radius 2 is 1.30 bits per heavy atom. The fourth-order valence-electron chi connectivity index (χ4n) is 6.57. The number of benzene rings is 3. The average molecular weight is 607 g/mol. The number of rotatable bonds is 7. The van der Waals surface area contributed by atoms with Crippen LogP contribution in [0.5, 0.6) is 0 Å². The summed E-state index contributed by atoms with van der Waals surface area (Å²) < 4.78 is 33.7. The molecule has 0 bridgehead atoms. The Balaban J connectivity index is 1.15. The SMILES string of the molecule is CC[C@@H]1OCC[C@H]1[Se]c1ccccc1CN1[C@H]2CO[C@@H](c3ccccc3)O[C@H]2[C@@H]2O[C@H](c3ccccc3)OC[C@@H]21. The van der Waals surface area contributed by atoms with E-state index in [4.69, 9.17) is 23.7 Å². The molecule has 4 aliphatic rings. The molecule has 4 saturated heterocycles. The monoisotopic (exact) mass is 607 g/mol. The van der Waals surface area contributed by atoms with Gasteiger partial charge in [0.05, 0.1) is 0 Å². The molecule has 3 aromatic carbocycles. The number of likely N-dealkylation sites (tertiary alicyclic amines) is 1. The van der Waals surface area contributed by atoms with Gasteiger partial charge in [-0.15, -0.1) is 0 Å². The molecular weight excluding hydrogens is 569 g/mol. The van der Waals surface area contributed by atoms with Crippen molar-refractivity contribution < 1.29 is 23.7 Å². The van der Waals surface area contributed by atoms with E-state index in [1.807, 2.05) is 36.4 Å². The van der Waals surface area contributed by atoms with Gasteiger partial charge in [-0.05, 0) is 0 Å². The van der Waals surface area contributed by atoms with Crippen molar-refractivity contribution in [2.24, 2.45) is 0 Å². The van der Waals surface area contributed by atoms with Crippen molar-refractivity contribution >= 4 is 19.4 Å². The summed E-state index contributed by atoms with van der Waals surface area (Å²) in [7, 11) is 0. The Morgan fingerprint density at radius 3 is 1.90 bits per heavy atom. The van der Waals surface area contributed by atoms with Crippen LogP contribution in [0.25, 0.3) is 0 Å². The fourth-order valence-corrected chi connectivity index (χ4v) is 9.52. The maximum atomic E-state index is 6.73. The molecule has 0 spiro atoms. The minimum atomic E-state index is -0.395. The van der Waals surface area contributed by atoms with Crippen molar-refractivity contribution in [3.05, 3.63) is 102 Å². The molecule has 8 atom stereocenters. The van der Waals surface area contributed by atoms with Gasteiger partial charge in [0, 0.05) is 0 Å². The van der Waals surface area contributed by atoms with Crippen LogP contribution >= 0.6 is 0 Å². The van der Waals surface area contributed by atoms with Gasteiger partial charge < -0.3 is 0 Å². The molecule has 0 aromatic heterocycles. The van der Waals surface area contributed by atoms with Gasteiger partial charge in [0.25, 0.3) is 0 Å². The van der Waals surface area contributed by atoms with Gasteiger partial charge in [-0.1, -0.05) is 0 Å². The summed E-state index contributed by atoms with van der Waals surface area (Å²) in [5.41, 5.74) is 3.47. The zero-order chi connectivity index (χ0) is 26.9. The molecule has 6 nitrogen and oxygen atoms in total. The minimum absolute atomic E-state index is 0.0897. The first kappa shape index (κ1) is 26.8. The van der Waals surface area contributed by atoms with Crippen molar-refractivity contribution in [2.75, 3.05) is 19.8 Å². The van der Waals surface area contributed by atoms with Gasteiger partial charge in [-0.25, -0.2) is 0 Å². The van der Waals surface area contributed by atoms with E-state index in [1.54, 1.807) is 0 Å². The van der Waals surface area contributed by atoms with Gasteiger partial charge >= 0.3 is 244 Å². The van der Waals surface area contributed by atoms with Crippen LogP contribution in [0.3, 0.4) is 0 Å². The van der Waals surface area contributed by atoms with Crippen LogP contribution < -0.4 is 4.46 Å². The standard InChI is InChI=1S/C33H37NO5Se/c1-2-27-29(17-18-35-27)40-28-16-10-9-15-24(28)19-34-25-20-36-32(22-11-5-3-6-12-22)38-30(25)31-26(34)21-37-33(39-31)23-13-7-4-8-14-23/h3-16,25-27,29-33H,2,17-21H2,1H3/t25-,26-,27-,29+,30+,31+,32+,33+/m0/s1. The molecule has 0 aliphatic carbocycles. The van der Waals surface area contributed by atoms with Gasteiger partial charge in [-0.3, -0.25) is 0 Å². The van der Waals surface area contributed by atoms with Crippen molar-refractivity contribution in [3.8, 4) is 0 Å². The second kappa shape index (κ2) is 12.0.